The molecule has 2 heterocycles. The van der Waals surface area contributed by atoms with Crippen molar-refractivity contribution in [2.24, 2.45) is 0 Å². The Kier molecular flexibility index (Phi) is 3.29. The van der Waals surface area contributed by atoms with Crippen molar-refractivity contribution in [3.63, 3.8) is 0 Å². The minimum absolute atomic E-state index is 0.785. The van der Waals surface area contributed by atoms with Crippen LogP contribution in [0.5, 0.6) is 0 Å². The molecule has 0 unspecified atom stereocenters. The predicted octanol–water partition coefficient (Wildman–Crippen LogP) is 3.24. The second kappa shape index (κ2) is 5.25. The van der Waals surface area contributed by atoms with Gasteiger partial charge in [-0.05, 0) is 42.0 Å². The Labute approximate surface area is 118 Å². The third kappa shape index (κ3) is 2.45. The summed E-state index contributed by atoms with van der Waals surface area (Å²) in [7, 11) is 4.09. The van der Waals surface area contributed by atoms with Crippen molar-refractivity contribution in [3.8, 4) is 0 Å². The molecule has 3 rings (SSSR count). The van der Waals surface area contributed by atoms with Crippen molar-refractivity contribution in [2.75, 3.05) is 24.3 Å². The van der Waals surface area contributed by atoms with Gasteiger partial charge >= 0.3 is 0 Å². The molecule has 0 spiro atoms. The number of nitrogens with one attached hydrogen (secondary N) is 2. The highest BCUT2D eigenvalue weighted by Crippen LogP contribution is 2.19. The number of hydrogen-bond acceptors (Lipinski definition) is 3. The van der Waals surface area contributed by atoms with E-state index < -0.39 is 0 Å². The van der Waals surface area contributed by atoms with E-state index in [0.717, 1.165) is 17.9 Å². The molecular formula is C16H18N4. The van der Waals surface area contributed by atoms with Crippen molar-refractivity contribution >= 4 is 22.4 Å². The molecule has 20 heavy (non-hydrogen) atoms. The van der Waals surface area contributed by atoms with E-state index in [1.54, 1.807) is 6.20 Å². The first kappa shape index (κ1) is 12.5. The summed E-state index contributed by atoms with van der Waals surface area (Å²) in [5.41, 5.74) is 4.48. The Hall–Kier alpha value is -2.49. The van der Waals surface area contributed by atoms with Crippen LogP contribution < -0.4 is 10.2 Å². The maximum Gasteiger partial charge on any atom is 0.137 e. The first-order chi connectivity index (χ1) is 9.74. The molecule has 102 valence electrons. The molecule has 4 nitrogen and oxygen atoms in total. The normalized spacial score (nSPS) is 10.7. The van der Waals surface area contributed by atoms with Gasteiger partial charge in [-0.25, -0.2) is 4.98 Å². The second-order valence-corrected chi connectivity index (χ2v) is 5.01. The molecule has 2 aromatic heterocycles. The number of anilines is 2. The van der Waals surface area contributed by atoms with Crippen molar-refractivity contribution in [1.82, 2.24) is 9.97 Å². The summed E-state index contributed by atoms with van der Waals surface area (Å²) >= 11 is 0. The number of fused-ring (bicyclic) bond motifs is 1. The van der Waals surface area contributed by atoms with Crippen LogP contribution in [0.25, 0.3) is 11.0 Å². The van der Waals surface area contributed by atoms with Crippen molar-refractivity contribution in [3.05, 3.63) is 54.4 Å². The van der Waals surface area contributed by atoms with Crippen LogP contribution in [0, 0.1) is 0 Å². The number of aromatic nitrogens is 2. The maximum absolute atomic E-state index is 4.30. The molecule has 0 atom stereocenters. The second-order valence-electron chi connectivity index (χ2n) is 5.01. The van der Waals surface area contributed by atoms with Gasteiger partial charge < -0.3 is 15.2 Å². The van der Waals surface area contributed by atoms with Gasteiger partial charge in [0.05, 0.1) is 0 Å². The molecule has 0 bridgehead atoms. The number of nitrogens with zero attached hydrogens (tertiary/aromatic N) is 2. The molecule has 0 saturated carbocycles. The third-order valence-electron chi connectivity index (χ3n) is 3.40. The predicted molar refractivity (Wildman–Crippen MR) is 84.2 cm³/mol. The van der Waals surface area contributed by atoms with Crippen molar-refractivity contribution in [1.29, 1.82) is 0 Å². The molecule has 0 radical (unpaired) electrons. The SMILES string of the molecule is CN(C)c1ccc(NCc2c[nH]c3ncccc23)cc1. The molecule has 0 amide bonds. The van der Waals surface area contributed by atoms with Crippen molar-refractivity contribution < 1.29 is 0 Å². The van der Waals surface area contributed by atoms with E-state index >= 15 is 0 Å². The first-order valence-corrected chi connectivity index (χ1v) is 6.66. The zero-order valence-electron chi connectivity index (χ0n) is 11.7. The molecular weight excluding hydrogens is 248 g/mol. The lowest BCUT2D eigenvalue weighted by molar-refractivity contribution is 1.13. The highest BCUT2D eigenvalue weighted by molar-refractivity contribution is 5.79. The minimum Gasteiger partial charge on any atom is -0.381 e. The van der Waals surface area contributed by atoms with Gasteiger partial charge in [0.15, 0.2) is 0 Å². The summed E-state index contributed by atoms with van der Waals surface area (Å²) in [6.45, 7) is 0.785. The van der Waals surface area contributed by atoms with E-state index in [-0.39, 0.29) is 0 Å². The highest BCUT2D eigenvalue weighted by atomic mass is 15.1. The molecule has 0 aliphatic heterocycles. The quantitative estimate of drug-likeness (QED) is 0.762. The summed E-state index contributed by atoms with van der Waals surface area (Å²) < 4.78 is 0. The van der Waals surface area contributed by atoms with Crippen LogP contribution in [-0.2, 0) is 6.54 Å². The van der Waals surface area contributed by atoms with E-state index in [0.29, 0.717) is 0 Å². The van der Waals surface area contributed by atoms with Crippen molar-refractivity contribution in [2.45, 2.75) is 6.54 Å². The molecule has 4 heteroatoms. The zero-order valence-corrected chi connectivity index (χ0v) is 11.7. The lowest BCUT2D eigenvalue weighted by Gasteiger charge is -2.13. The van der Waals surface area contributed by atoms with E-state index in [4.69, 9.17) is 0 Å². The fraction of sp³-hybridized carbons (Fsp3) is 0.188. The van der Waals surface area contributed by atoms with Gasteiger partial charge in [-0.15, -0.1) is 0 Å². The Balaban J connectivity index is 1.73. The molecule has 2 N–H and O–H groups in total. The Bertz CT molecular complexity index is 698. The standard InChI is InChI=1S/C16H18N4/c1-20(2)14-7-5-13(6-8-14)18-10-12-11-19-16-15(12)4-3-9-17-16/h3-9,11,18H,10H2,1-2H3,(H,17,19). The zero-order chi connectivity index (χ0) is 13.9. The fourth-order valence-electron chi connectivity index (χ4n) is 2.23. The summed E-state index contributed by atoms with van der Waals surface area (Å²) in [6.07, 6.45) is 3.81. The lowest BCUT2D eigenvalue weighted by atomic mass is 10.2. The van der Waals surface area contributed by atoms with Crippen LogP contribution in [-0.4, -0.2) is 24.1 Å². The summed E-state index contributed by atoms with van der Waals surface area (Å²) in [5, 5.41) is 4.61. The Morgan fingerprint density at radius 3 is 2.70 bits per heavy atom. The topological polar surface area (TPSA) is 44.0 Å². The fourth-order valence-corrected chi connectivity index (χ4v) is 2.23. The van der Waals surface area contributed by atoms with Crippen LogP contribution in [0.2, 0.25) is 0 Å². The average molecular weight is 266 g/mol. The summed E-state index contributed by atoms with van der Waals surface area (Å²) in [6, 6.07) is 12.5. The number of aromatic amines is 1. The summed E-state index contributed by atoms with van der Waals surface area (Å²) in [4.78, 5) is 9.58. The van der Waals surface area contributed by atoms with Crippen LogP contribution >= 0.6 is 0 Å². The molecule has 0 aliphatic carbocycles. The number of hydrogen-bond donors (Lipinski definition) is 2. The Morgan fingerprint density at radius 2 is 1.95 bits per heavy atom. The number of pyridine rings is 1. The smallest absolute Gasteiger partial charge is 0.137 e. The van der Waals surface area contributed by atoms with Gasteiger partial charge in [-0.2, -0.15) is 0 Å². The van der Waals surface area contributed by atoms with Gasteiger partial charge in [0.25, 0.3) is 0 Å². The summed E-state index contributed by atoms with van der Waals surface area (Å²) in [5.74, 6) is 0. The molecule has 0 aliphatic rings. The van der Waals surface area contributed by atoms with Crippen LogP contribution in [0.15, 0.2) is 48.8 Å². The van der Waals surface area contributed by atoms with Gasteiger partial charge in [-0.1, -0.05) is 0 Å². The van der Waals surface area contributed by atoms with Gasteiger partial charge in [0.2, 0.25) is 0 Å². The first-order valence-electron chi connectivity index (χ1n) is 6.66. The van der Waals surface area contributed by atoms with E-state index in [1.165, 1.54) is 16.6 Å². The number of benzene rings is 1. The van der Waals surface area contributed by atoms with E-state index in [9.17, 15) is 0 Å². The molecule has 0 saturated heterocycles. The van der Waals surface area contributed by atoms with Gasteiger partial charge in [-0.3, -0.25) is 0 Å². The monoisotopic (exact) mass is 266 g/mol. The largest absolute Gasteiger partial charge is 0.381 e. The molecule has 0 fully saturated rings. The van der Waals surface area contributed by atoms with Gasteiger partial charge in [0, 0.05) is 49.8 Å². The lowest BCUT2D eigenvalue weighted by Crippen LogP contribution is -2.08. The van der Waals surface area contributed by atoms with Gasteiger partial charge in [0.1, 0.15) is 5.65 Å². The number of H-pyrrole nitrogens is 1. The number of rotatable bonds is 4. The third-order valence-corrected chi connectivity index (χ3v) is 3.40. The molecule has 3 aromatic rings. The maximum atomic E-state index is 4.30. The van der Waals surface area contributed by atoms with Crippen LogP contribution in [0.3, 0.4) is 0 Å². The minimum atomic E-state index is 0.785. The van der Waals surface area contributed by atoms with E-state index in [2.05, 4.69) is 50.5 Å². The van der Waals surface area contributed by atoms with E-state index in [1.807, 2.05) is 26.4 Å². The van der Waals surface area contributed by atoms with Crippen LogP contribution in [0.1, 0.15) is 5.56 Å². The molecule has 1 aromatic carbocycles. The average Bonchev–Trinajstić information content (AvgIpc) is 2.89. The van der Waals surface area contributed by atoms with Crippen LogP contribution in [0.4, 0.5) is 11.4 Å². The highest BCUT2D eigenvalue weighted by Gasteiger charge is 2.03. The Morgan fingerprint density at radius 1 is 1.15 bits per heavy atom.